The number of Topliss-reactive ketones (excluding diaryl/α,β-unsaturated/α-hetero) is 1. The van der Waals surface area contributed by atoms with Crippen LogP contribution in [-0.4, -0.2) is 30.3 Å². The van der Waals surface area contributed by atoms with Gasteiger partial charge in [0.2, 0.25) is 0 Å². The van der Waals surface area contributed by atoms with E-state index in [4.69, 9.17) is 0 Å². The molecule has 2 nitrogen and oxygen atoms in total. The molecular weight excluding hydrogens is 198 g/mol. The number of nitrogens with zero attached hydrogens (tertiary/aromatic N) is 1. The number of hydrogen-bond acceptors (Lipinski definition) is 2. The zero-order valence-corrected chi connectivity index (χ0v) is 10.7. The first kappa shape index (κ1) is 12.1. The van der Waals surface area contributed by atoms with E-state index >= 15 is 0 Å². The van der Waals surface area contributed by atoms with Crippen LogP contribution in [0.5, 0.6) is 0 Å². The number of likely N-dealkylation sites (tertiary alicyclic amines) is 1. The molecule has 0 amide bonds. The standard InChI is InChI=1S/C14H25NO/c1-11-8-15(9-12(11)2)10-13-6-4-3-5-7-14(13)16/h11-13H,3-10H2,1-2H3. The number of ketones is 1. The molecule has 92 valence electrons. The molecular formula is C14H25NO. The highest BCUT2D eigenvalue weighted by Crippen LogP contribution is 2.26. The first-order chi connectivity index (χ1) is 7.66. The van der Waals surface area contributed by atoms with Crippen LogP contribution < -0.4 is 0 Å². The van der Waals surface area contributed by atoms with Crippen LogP contribution in [0.3, 0.4) is 0 Å². The minimum Gasteiger partial charge on any atom is -0.302 e. The lowest BCUT2D eigenvalue weighted by Crippen LogP contribution is -2.31. The summed E-state index contributed by atoms with van der Waals surface area (Å²) in [6, 6.07) is 0. The van der Waals surface area contributed by atoms with Crippen molar-refractivity contribution < 1.29 is 4.79 Å². The normalized spacial score (nSPS) is 37.6. The second-order valence-electron chi connectivity index (χ2n) is 5.94. The van der Waals surface area contributed by atoms with Gasteiger partial charge in [0, 0.05) is 32.0 Å². The minimum absolute atomic E-state index is 0.347. The quantitative estimate of drug-likeness (QED) is 0.671. The molecule has 1 saturated heterocycles. The first-order valence-electron chi connectivity index (χ1n) is 6.92. The predicted octanol–water partition coefficient (Wildman–Crippen LogP) is 2.72. The average molecular weight is 223 g/mol. The SMILES string of the molecule is CC1CN(CC2CCCCCC2=O)CC1C. The van der Waals surface area contributed by atoms with Gasteiger partial charge >= 0.3 is 0 Å². The van der Waals surface area contributed by atoms with Crippen molar-refractivity contribution in [2.45, 2.75) is 46.0 Å². The Morgan fingerprint density at radius 2 is 1.81 bits per heavy atom. The molecule has 2 rings (SSSR count). The van der Waals surface area contributed by atoms with E-state index in [0.717, 1.165) is 37.6 Å². The lowest BCUT2D eigenvalue weighted by Gasteiger charge is -2.21. The van der Waals surface area contributed by atoms with E-state index < -0.39 is 0 Å². The molecule has 0 aromatic heterocycles. The predicted molar refractivity (Wildman–Crippen MR) is 66.4 cm³/mol. The molecule has 0 bridgehead atoms. The maximum absolute atomic E-state index is 11.9. The van der Waals surface area contributed by atoms with Crippen LogP contribution >= 0.6 is 0 Å². The van der Waals surface area contributed by atoms with Gasteiger partial charge < -0.3 is 4.90 Å². The summed E-state index contributed by atoms with van der Waals surface area (Å²) in [6.07, 6.45) is 5.62. The molecule has 1 saturated carbocycles. The van der Waals surface area contributed by atoms with E-state index in [1.165, 1.54) is 25.9 Å². The Bertz CT molecular complexity index is 241. The molecule has 2 aliphatic rings. The first-order valence-corrected chi connectivity index (χ1v) is 6.92. The van der Waals surface area contributed by atoms with Gasteiger partial charge in [-0.1, -0.05) is 26.7 Å². The molecule has 0 aromatic carbocycles. The Labute approximate surface area is 99.4 Å². The molecule has 1 heterocycles. The molecule has 2 heteroatoms. The molecule has 16 heavy (non-hydrogen) atoms. The van der Waals surface area contributed by atoms with Crippen LogP contribution in [0.1, 0.15) is 46.0 Å². The molecule has 0 spiro atoms. The summed E-state index contributed by atoms with van der Waals surface area (Å²) in [5.41, 5.74) is 0. The molecule has 2 fully saturated rings. The highest BCUT2D eigenvalue weighted by Gasteiger charge is 2.30. The molecule has 0 radical (unpaired) electrons. The molecule has 1 aliphatic carbocycles. The van der Waals surface area contributed by atoms with Crippen molar-refractivity contribution in [3.05, 3.63) is 0 Å². The van der Waals surface area contributed by atoms with E-state index in [1.54, 1.807) is 0 Å². The zero-order chi connectivity index (χ0) is 11.5. The molecule has 0 aromatic rings. The Kier molecular flexibility index (Phi) is 4.01. The summed E-state index contributed by atoms with van der Waals surface area (Å²) >= 11 is 0. The topological polar surface area (TPSA) is 20.3 Å². The summed E-state index contributed by atoms with van der Waals surface area (Å²) in [6.45, 7) is 8.10. The van der Waals surface area contributed by atoms with Gasteiger partial charge in [0.25, 0.3) is 0 Å². The van der Waals surface area contributed by atoms with Crippen molar-refractivity contribution >= 4 is 5.78 Å². The van der Waals surface area contributed by atoms with Crippen molar-refractivity contribution in [2.24, 2.45) is 17.8 Å². The van der Waals surface area contributed by atoms with Crippen LogP contribution in [0.25, 0.3) is 0 Å². The van der Waals surface area contributed by atoms with Crippen molar-refractivity contribution in [1.82, 2.24) is 4.90 Å². The summed E-state index contributed by atoms with van der Waals surface area (Å²) < 4.78 is 0. The van der Waals surface area contributed by atoms with Gasteiger partial charge in [-0.2, -0.15) is 0 Å². The van der Waals surface area contributed by atoms with Gasteiger partial charge in [0.1, 0.15) is 5.78 Å². The summed E-state index contributed by atoms with van der Waals surface area (Å²) in [4.78, 5) is 14.5. The second-order valence-corrected chi connectivity index (χ2v) is 5.94. The third-order valence-corrected chi connectivity index (χ3v) is 4.47. The lowest BCUT2D eigenvalue weighted by atomic mass is 9.98. The van der Waals surface area contributed by atoms with Crippen LogP contribution in [0, 0.1) is 17.8 Å². The fourth-order valence-corrected chi connectivity index (χ4v) is 3.13. The van der Waals surface area contributed by atoms with E-state index in [9.17, 15) is 4.79 Å². The van der Waals surface area contributed by atoms with E-state index in [-0.39, 0.29) is 0 Å². The van der Waals surface area contributed by atoms with Crippen molar-refractivity contribution in [2.75, 3.05) is 19.6 Å². The second kappa shape index (κ2) is 5.31. The summed E-state index contributed by atoms with van der Waals surface area (Å²) in [7, 11) is 0. The maximum atomic E-state index is 11.9. The minimum atomic E-state index is 0.347. The highest BCUT2D eigenvalue weighted by atomic mass is 16.1. The molecule has 3 unspecified atom stereocenters. The van der Waals surface area contributed by atoms with Crippen molar-refractivity contribution in [3.63, 3.8) is 0 Å². The maximum Gasteiger partial charge on any atom is 0.137 e. The largest absolute Gasteiger partial charge is 0.302 e. The van der Waals surface area contributed by atoms with Gasteiger partial charge in [-0.3, -0.25) is 4.79 Å². The van der Waals surface area contributed by atoms with Gasteiger partial charge in [-0.25, -0.2) is 0 Å². The molecule has 3 atom stereocenters. The number of rotatable bonds is 2. The number of carbonyl (C=O) groups excluding carboxylic acids is 1. The Balaban J connectivity index is 1.86. The smallest absolute Gasteiger partial charge is 0.137 e. The van der Waals surface area contributed by atoms with Gasteiger partial charge in [0.05, 0.1) is 0 Å². The fraction of sp³-hybridized carbons (Fsp3) is 0.929. The van der Waals surface area contributed by atoms with Crippen molar-refractivity contribution in [3.8, 4) is 0 Å². The van der Waals surface area contributed by atoms with Gasteiger partial charge in [-0.05, 0) is 24.7 Å². The van der Waals surface area contributed by atoms with Crippen LogP contribution in [0.4, 0.5) is 0 Å². The number of hydrogen-bond donors (Lipinski definition) is 0. The van der Waals surface area contributed by atoms with E-state index in [0.29, 0.717) is 11.7 Å². The third-order valence-electron chi connectivity index (χ3n) is 4.47. The molecule has 1 aliphatic heterocycles. The molecule has 0 N–H and O–H groups in total. The van der Waals surface area contributed by atoms with Gasteiger partial charge in [-0.15, -0.1) is 0 Å². The number of carbonyl (C=O) groups is 1. The lowest BCUT2D eigenvalue weighted by molar-refractivity contribution is -0.123. The highest BCUT2D eigenvalue weighted by molar-refractivity contribution is 5.81. The summed E-state index contributed by atoms with van der Waals surface area (Å²) in [5.74, 6) is 2.49. The summed E-state index contributed by atoms with van der Waals surface area (Å²) in [5, 5.41) is 0. The average Bonchev–Trinajstić information content (AvgIpc) is 2.44. The van der Waals surface area contributed by atoms with Crippen LogP contribution in [0.15, 0.2) is 0 Å². The Morgan fingerprint density at radius 1 is 1.12 bits per heavy atom. The van der Waals surface area contributed by atoms with E-state index in [2.05, 4.69) is 18.7 Å². The zero-order valence-electron chi connectivity index (χ0n) is 10.7. The third kappa shape index (κ3) is 2.85. The fourth-order valence-electron chi connectivity index (χ4n) is 3.13. The van der Waals surface area contributed by atoms with Crippen LogP contribution in [0.2, 0.25) is 0 Å². The van der Waals surface area contributed by atoms with Crippen LogP contribution in [-0.2, 0) is 4.79 Å². The van der Waals surface area contributed by atoms with Gasteiger partial charge in [0.15, 0.2) is 0 Å². The van der Waals surface area contributed by atoms with E-state index in [1.807, 2.05) is 0 Å². The monoisotopic (exact) mass is 223 g/mol. The Hall–Kier alpha value is -0.370. The Morgan fingerprint density at radius 3 is 2.50 bits per heavy atom. The van der Waals surface area contributed by atoms with Crippen molar-refractivity contribution in [1.29, 1.82) is 0 Å².